The molecule has 1 aliphatic heterocycles. The van der Waals surface area contributed by atoms with Crippen LogP contribution in [-0.2, 0) is 16.0 Å². The Hall–Kier alpha value is -2.57. The van der Waals surface area contributed by atoms with Gasteiger partial charge in [-0.25, -0.2) is 9.59 Å². The standard InChI is InChI=1S/C16H21N3O4/c17-16(23)19-8-4-7-12(10-19)14(20)18-13(15(21)22)9-11-5-2-1-3-6-11/h1-3,5-6,12-13H,4,7-10H2,(H2,17,23)(H,18,20)(H,21,22)/t12-,13+/m0/s1. The van der Waals surface area contributed by atoms with E-state index in [-0.39, 0.29) is 18.9 Å². The lowest BCUT2D eigenvalue weighted by Crippen LogP contribution is -2.50. The first-order chi connectivity index (χ1) is 11.0. The van der Waals surface area contributed by atoms with Crippen molar-refractivity contribution >= 4 is 17.9 Å². The second kappa shape index (κ2) is 7.62. The lowest BCUT2D eigenvalue weighted by molar-refractivity contribution is -0.142. The number of carbonyl (C=O) groups excluding carboxylic acids is 2. The first-order valence-electron chi connectivity index (χ1n) is 7.59. The van der Waals surface area contributed by atoms with E-state index in [0.717, 1.165) is 5.56 Å². The van der Waals surface area contributed by atoms with Gasteiger partial charge in [0, 0.05) is 19.5 Å². The van der Waals surface area contributed by atoms with Crippen LogP contribution in [0.5, 0.6) is 0 Å². The minimum absolute atomic E-state index is 0.216. The molecule has 2 rings (SSSR count). The second-order valence-corrected chi connectivity index (χ2v) is 5.71. The van der Waals surface area contributed by atoms with Crippen LogP contribution in [0.2, 0.25) is 0 Å². The highest BCUT2D eigenvalue weighted by Gasteiger charge is 2.30. The zero-order valence-corrected chi connectivity index (χ0v) is 12.8. The largest absolute Gasteiger partial charge is 0.480 e. The molecule has 0 spiro atoms. The molecular weight excluding hydrogens is 298 g/mol. The van der Waals surface area contributed by atoms with E-state index < -0.39 is 24.0 Å². The van der Waals surface area contributed by atoms with Crippen molar-refractivity contribution in [1.29, 1.82) is 0 Å². The molecule has 0 radical (unpaired) electrons. The van der Waals surface area contributed by atoms with Gasteiger partial charge in [-0.15, -0.1) is 0 Å². The number of carboxylic acid groups (broad SMARTS) is 1. The molecule has 0 unspecified atom stereocenters. The summed E-state index contributed by atoms with van der Waals surface area (Å²) in [5.74, 6) is -1.85. The molecule has 1 saturated heterocycles. The highest BCUT2D eigenvalue weighted by Crippen LogP contribution is 2.17. The van der Waals surface area contributed by atoms with Gasteiger partial charge in [0.15, 0.2) is 0 Å². The van der Waals surface area contributed by atoms with Crippen LogP contribution in [0, 0.1) is 5.92 Å². The van der Waals surface area contributed by atoms with E-state index in [1.165, 1.54) is 4.90 Å². The summed E-state index contributed by atoms with van der Waals surface area (Å²) in [6.45, 7) is 0.768. The number of nitrogens with zero attached hydrogens (tertiary/aromatic N) is 1. The molecular formula is C16H21N3O4. The molecule has 7 nitrogen and oxygen atoms in total. The smallest absolute Gasteiger partial charge is 0.326 e. The fourth-order valence-corrected chi connectivity index (χ4v) is 2.73. The minimum atomic E-state index is -1.08. The third kappa shape index (κ3) is 4.70. The predicted molar refractivity (Wildman–Crippen MR) is 83.6 cm³/mol. The number of primary amides is 1. The van der Waals surface area contributed by atoms with Gasteiger partial charge in [-0.3, -0.25) is 4.79 Å². The van der Waals surface area contributed by atoms with Crippen molar-refractivity contribution in [2.24, 2.45) is 11.7 Å². The summed E-state index contributed by atoms with van der Waals surface area (Å²) in [5, 5.41) is 11.9. The van der Waals surface area contributed by atoms with Crippen LogP contribution in [0.4, 0.5) is 4.79 Å². The molecule has 1 aromatic carbocycles. The van der Waals surface area contributed by atoms with Crippen LogP contribution in [0.15, 0.2) is 30.3 Å². The molecule has 0 bridgehead atoms. The Bertz CT molecular complexity index is 576. The van der Waals surface area contributed by atoms with Crippen LogP contribution in [0.1, 0.15) is 18.4 Å². The number of urea groups is 1. The van der Waals surface area contributed by atoms with Crippen molar-refractivity contribution in [2.75, 3.05) is 13.1 Å². The van der Waals surface area contributed by atoms with E-state index in [0.29, 0.717) is 19.4 Å². The summed E-state index contributed by atoms with van der Waals surface area (Å²) >= 11 is 0. The SMILES string of the molecule is NC(=O)N1CCC[C@H](C(=O)N[C@H](Cc2ccccc2)C(=O)O)C1. The van der Waals surface area contributed by atoms with Gasteiger partial charge in [0.25, 0.3) is 0 Å². The minimum Gasteiger partial charge on any atom is -0.480 e. The van der Waals surface area contributed by atoms with Crippen molar-refractivity contribution in [1.82, 2.24) is 10.2 Å². The summed E-state index contributed by atoms with van der Waals surface area (Å²) in [7, 11) is 0. The Kier molecular flexibility index (Phi) is 5.56. The van der Waals surface area contributed by atoms with Crippen LogP contribution in [-0.4, -0.2) is 47.0 Å². The fourth-order valence-electron chi connectivity index (χ4n) is 2.73. The topological polar surface area (TPSA) is 113 Å². The number of piperidine rings is 1. The first kappa shape index (κ1) is 16.8. The molecule has 0 saturated carbocycles. The van der Waals surface area contributed by atoms with E-state index in [9.17, 15) is 19.5 Å². The summed E-state index contributed by atoms with van der Waals surface area (Å²) in [6, 6.07) is 7.58. The maximum atomic E-state index is 12.3. The number of amides is 3. The van der Waals surface area contributed by atoms with Crippen molar-refractivity contribution in [3.8, 4) is 0 Å². The average molecular weight is 319 g/mol. The van der Waals surface area contributed by atoms with E-state index in [1.54, 1.807) is 0 Å². The predicted octanol–water partition coefficient (Wildman–Crippen LogP) is 0.589. The van der Waals surface area contributed by atoms with Gasteiger partial charge in [0.2, 0.25) is 5.91 Å². The van der Waals surface area contributed by atoms with E-state index >= 15 is 0 Å². The molecule has 3 amide bonds. The molecule has 0 aromatic heterocycles. The summed E-state index contributed by atoms with van der Waals surface area (Å²) in [4.78, 5) is 36.3. The molecule has 4 N–H and O–H groups in total. The van der Waals surface area contributed by atoms with Crippen molar-refractivity contribution in [3.63, 3.8) is 0 Å². The van der Waals surface area contributed by atoms with Crippen LogP contribution >= 0.6 is 0 Å². The van der Waals surface area contributed by atoms with E-state index in [1.807, 2.05) is 30.3 Å². The van der Waals surface area contributed by atoms with Crippen molar-refractivity contribution in [3.05, 3.63) is 35.9 Å². The van der Waals surface area contributed by atoms with E-state index in [4.69, 9.17) is 5.73 Å². The number of likely N-dealkylation sites (tertiary alicyclic amines) is 1. The number of hydrogen-bond donors (Lipinski definition) is 3. The van der Waals surface area contributed by atoms with Crippen molar-refractivity contribution in [2.45, 2.75) is 25.3 Å². The Morgan fingerprint density at radius 2 is 2.00 bits per heavy atom. The van der Waals surface area contributed by atoms with Gasteiger partial charge in [0.1, 0.15) is 6.04 Å². The number of carboxylic acids is 1. The maximum Gasteiger partial charge on any atom is 0.326 e. The molecule has 0 aliphatic carbocycles. The normalized spacial score (nSPS) is 19.0. The highest BCUT2D eigenvalue weighted by atomic mass is 16.4. The van der Waals surface area contributed by atoms with Crippen LogP contribution < -0.4 is 11.1 Å². The summed E-state index contributed by atoms with van der Waals surface area (Å²) in [5.41, 5.74) is 6.08. The number of benzene rings is 1. The number of hydrogen-bond acceptors (Lipinski definition) is 3. The maximum absolute atomic E-state index is 12.3. The van der Waals surface area contributed by atoms with E-state index in [2.05, 4.69) is 5.32 Å². The second-order valence-electron chi connectivity index (χ2n) is 5.71. The summed E-state index contributed by atoms with van der Waals surface area (Å²) in [6.07, 6.45) is 1.51. The van der Waals surface area contributed by atoms with Crippen LogP contribution in [0.25, 0.3) is 0 Å². The van der Waals surface area contributed by atoms with Crippen molar-refractivity contribution < 1.29 is 19.5 Å². The van der Waals surface area contributed by atoms with Gasteiger partial charge in [-0.2, -0.15) is 0 Å². The third-order valence-corrected chi connectivity index (χ3v) is 4.00. The number of aliphatic carboxylic acids is 1. The van der Waals surface area contributed by atoms with Gasteiger partial charge in [-0.05, 0) is 18.4 Å². The molecule has 23 heavy (non-hydrogen) atoms. The molecule has 2 atom stereocenters. The van der Waals surface area contributed by atoms with Gasteiger partial charge < -0.3 is 21.1 Å². The molecule has 1 fully saturated rings. The monoisotopic (exact) mass is 319 g/mol. The highest BCUT2D eigenvalue weighted by molar-refractivity contribution is 5.86. The molecule has 1 aliphatic rings. The Morgan fingerprint density at radius 1 is 1.30 bits per heavy atom. The van der Waals surface area contributed by atoms with Gasteiger partial charge in [-0.1, -0.05) is 30.3 Å². The lowest BCUT2D eigenvalue weighted by atomic mass is 9.96. The Morgan fingerprint density at radius 3 is 2.61 bits per heavy atom. The number of carbonyl (C=O) groups is 3. The average Bonchev–Trinajstić information content (AvgIpc) is 2.55. The molecule has 7 heteroatoms. The summed E-state index contributed by atoms with van der Waals surface area (Å²) < 4.78 is 0. The fraction of sp³-hybridized carbons (Fsp3) is 0.438. The quantitative estimate of drug-likeness (QED) is 0.737. The zero-order valence-electron chi connectivity index (χ0n) is 12.8. The lowest BCUT2D eigenvalue weighted by Gasteiger charge is -2.31. The molecule has 1 aromatic rings. The van der Waals surface area contributed by atoms with Crippen LogP contribution in [0.3, 0.4) is 0 Å². The molecule has 1 heterocycles. The van der Waals surface area contributed by atoms with Gasteiger partial charge in [0.05, 0.1) is 5.92 Å². The number of nitrogens with one attached hydrogen (secondary N) is 1. The number of rotatable bonds is 5. The Labute approximate surface area is 134 Å². The third-order valence-electron chi connectivity index (χ3n) is 4.00. The number of nitrogens with two attached hydrogens (primary N) is 1. The zero-order chi connectivity index (χ0) is 16.8. The molecule has 124 valence electrons. The first-order valence-corrected chi connectivity index (χ1v) is 7.59. The van der Waals surface area contributed by atoms with Gasteiger partial charge >= 0.3 is 12.0 Å². The Balaban J connectivity index is 1.98.